The largest absolute Gasteiger partial charge is 0.497 e. The summed E-state index contributed by atoms with van der Waals surface area (Å²) in [5.41, 5.74) is 3.61. The second kappa shape index (κ2) is 10.6. The molecule has 1 aliphatic rings. The maximum absolute atomic E-state index is 13.6. The van der Waals surface area contributed by atoms with Crippen LogP contribution in [0.5, 0.6) is 5.75 Å². The number of hydrogen-bond donors (Lipinski definition) is 1. The van der Waals surface area contributed by atoms with Gasteiger partial charge in [-0.1, -0.05) is 54.6 Å². The Morgan fingerprint density at radius 2 is 1.64 bits per heavy atom. The zero-order valence-corrected chi connectivity index (χ0v) is 20.4. The third-order valence-electron chi connectivity index (χ3n) is 6.81. The molecular weight excluding hydrogens is 452 g/mol. The first kappa shape index (κ1) is 23.6. The van der Waals surface area contributed by atoms with Crippen molar-refractivity contribution >= 4 is 22.8 Å². The van der Waals surface area contributed by atoms with E-state index in [2.05, 4.69) is 5.32 Å². The lowest BCUT2D eigenvalue weighted by Crippen LogP contribution is -2.43. The standard InChI is InChI=1S/C29H30N4O3/c1-36-24-13-11-21(12-14-24)19-30-28(34)23-15-17-32(18-16-23)27-29(35)33(20-22-7-3-2-4-8-22)26-10-6-5-9-25(26)31-27/h2-14,23H,15-20H2,1H3,(H,30,34). The molecule has 0 bridgehead atoms. The average Bonchev–Trinajstić information content (AvgIpc) is 2.94. The normalized spacial score (nSPS) is 14.1. The van der Waals surface area contributed by atoms with Gasteiger partial charge in [-0.3, -0.25) is 14.2 Å². The number of rotatable bonds is 7. The maximum Gasteiger partial charge on any atom is 0.294 e. The van der Waals surface area contributed by atoms with Crippen LogP contribution < -0.4 is 20.5 Å². The van der Waals surface area contributed by atoms with Crippen LogP contribution in [0.15, 0.2) is 83.7 Å². The minimum Gasteiger partial charge on any atom is -0.497 e. The first-order chi connectivity index (χ1) is 17.6. The minimum atomic E-state index is -0.0973. The molecule has 1 fully saturated rings. The average molecular weight is 483 g/mol. The van der Waals surface area contributed by atoms with Gasteiger partial charge in [-0.25, -0.2) is 4.98 Å². The van der Waals surface area contributed by atoms with Gasteiger partial charge in [-0.05, 0) is 48.2 Å². The van der Waals surface area contributed by atoms with Crippen LogP contribution in [0.2, 0.25) is 0 Å². The molecule has 0 unspecified atom stereocenters. The topological polar surface area (TPSA) is 76.5 Å². The summed E-state index contributed by atoms with van der Waals surface area (Å²) in [4.78, 5) is 33.2. The van der Waals surface area contributed by atoms with E-state index in [1.54, 1.807) is 11.7 Å². The summed E-state index contributed by atoms with van der Waals surface area (Å²) in [6.45, 7) is 2.21. The fourth-order valence-corrected chi connectivity index (χ4v) is 4.74. The van der Waals surface area contributed by atoms with E-state index in [1.807, 2.05) is 83.8 Å². The second-order valence-electron chi connectivity index (χ2n) is 9.13. The number of amides is 1. The molecule has 1 N–H and O–H groups in total. The molecule has 7 nitrogen and oxygen atoms in total. The van der Waals surface area contributed by atoms with Crippen molar-refractivity contribution in [2.75, 3.05) is 25.1 Å². The van der Waals surface area contributed by atoms with Crippen LogP contribution >= 0.6 is 0 Å². The molecule has 7 heteroatoms. The van der Waals surface area contributed by atoms with Crippen LogP contribution in [-0.4, -0.2) is 35.7 Å². The number of benzene rings is 3. The number of methoxy groups -OCH3 is 1. The van der Waals surface area contributed by atoms with Crippen molar-refractivity contribution in [3.63, 3.8) is 0 Å². The molecule has 1 amide bonds. The highest BCUT2D eigenvalue weighted by atomic mass is 16.5. The van der Waals surface area contributed by atoms with E-state index >= 15 is 0 Å². The van der Waals surface area contributed by atoms with E-state index in [9.17, 15) is 9.59 Å². The molecule has 1 saturated heterocycles. The Balaban J connectivity index is 1.28. The van der Waals surface area contributed by atoms with Gasteiger partial charge in [0, 0.05) is 25.6 Å². The fourth-order valence-electron chi connectivity index (χ4n) is 4.74. The second-order valence-corrected chi connectivity index (χ2v) is 9.13. The molecule has 0 spiro atoms. The number of carbonyl (C=O) groups excluding carboxylic acids is 1. The van der Waals surface area contributed by atoms with Crippen molar-refractivity contribution in [1.82, 2.24) is 14.9 Å². The number of hydrogen-bond acceptors (Lipinski definition) is 5. The molecule has 0 saturated carbocycles. The molecular formula is C29H30N4O3. The zero-order valence-electron chi connectivity index (χ0n) is 20.4. The van der Waals surface area contributed by atoms with Gasteiger partial charge in [-0.2, -0.15) is 0 Å². The number of para-hydroxylation sites is 2. The van der Waals surface area contributed by atoms with Gasteiger partial charge in [0.05, 0.1) is 24.7 Å². The van der Waals surface area contributed by atoms with Crippen LogP contribution in [0.3, 0.4) is 0 Å². The lowest BCUT2D eigenvalue weighted by atomic mass is 9.96. The SMILES string of the molecule is COc1ccc(CNC(=O)C2CCN(c3nc4ccccc4n(Cc4ccccc4)c3=O)CC2)cc1. The molecule has 0 aliphatic carbocycles. The predicted molar refractivity (Wildman–Crippen MR) is 141 cm³/mol. The van der Waals surface area contributed by atoms with Crippen LogP contribution in [0, 0.1) is 5.92 Å². The summed E-state index contributed by atoms with van der Waals surface area (Å²) in [5, 5.41) is 3.05. The van der Waals surface area contributed by atoms with Gasteiger partial charge in [0.15, 0.2) is 5.82 Å². The molecule has 1 aliphatic heterocycles. The monoisotopic (exact) mass is 482 g/mol. The molecule has 0 atom stereocenters. The first-order valence-electron chi connectivity index (χ1n) is 12.3. The van der Waals surface area contributed by atoms with E-state index in [0.29, 0.717) is 44.8 Å². The van der Waals surface area contributed by atoms with E-state index in [4.69, 9.17) is 9.72 Å². The van der Waals surface area contributed by atoms with E-state index in [1.165, 1.54) is 0 Å². The van der Waals surface area contributed by atoms with Gasteiger partial charge in [0.1, 0.15) is 5.75 Å². The Bertz CT molecular complexity index is 1390. The number of nitrogens with zero attached hydrogens (tertiary/aromatic N) is 3. The quantitative estimate of drug-likeness (QED) is 0.431. The fraction of sp³-hybridized carbons (Fsp3) is 0.276. The summed E-state index contributed by atoms with van der Waals surface area (Å²) in [6.07, 6.45) is 1.36. The number of aromatic nitrogens is 2. The van der Waals surface area contributed by atoms with Crippen molar-refractivity contribution in [3.8, 4) is 5.75 Å². The summed E-state index contributed by atoms with van der Waals surface area (Å²) >= 11 is 0. The number of anilines is 1. The third-order valence-corrected chi connectivity index (χ3v) is 6.81. The summed E-state index contributed by atoms with van der Waals surface area (Å²) in [7, 11) is 1.63. The van der Waals surface area contributed by atoms with Crippen molar-refractivity contribution in [3.05, 3.63) is 100 Å². The van der Waals surface area contributed by atoms with Gasteiger partial charge < -0.3 is 15.0 Å². The number of carbonyl (C=O) groups is 1. The first-order valence-corrected chi connectivity index (χ1v) is 12.3. The van der Waals surface area contributed by atoms with Gasteiger partial charge >= 0.3 is 0 Å². The maximum atomic E-state index is 13.6. The molecule has 0 radical (unpaired) electrons. The highest BCUT2D eigenvalue weighted by Gasteiger charge is 2.27. The number of nitrogens with one attached hydrogen (secondary N) is 1. The van der Waals surface area contributed by atoms with Crippen molar-refractivity contribution in [2.24, 2.45) is 5.92 Å². The lowest BCUT2D eigenvalue weighted by molar-refractivity contribution is -0.125. The summed E-state index contributed by atoms with van der Waals surface area (Å²) < 4.78 is 6.99. The van der Waals surface area contributed by atoms with Crippen LogP contribution in [0.4, 0.5) is 5.82 Å². The van der Waals surface area contributed by atoms with Crippen LogP contribution in [0.25, 0.3) is 11.0 Å². The van der Waals surface area contributed by atoms with E-state index in [0.717, 1.165) is 27.9 Å². The molecule has 1 aromatic heterocycles. The van der Waals surface area contributed by atoms with E-state index < -0.39 is 0 Å². The van der Waals surface area contributed by atoms with E-state index in [-0.39, 0.29) is 17.4 Å². The molecule has 5 rings (SSSR count). The predicted octanol–water partition coefficient (Wildman–Crippen LogP) is 3.99. The van der Waals surface area contributed by atoms with Crippen molar-refractivity contribution < 1.29 is 9.53 Å². The Morgan fingerprint density at radius 3 is 2.36 bits per heavy atom. The van der Waals surface area contributed by atoms with Crippen LogP contribution in [0.1, 0.15) is 24.0 Å². The lowest BCUT2D eigenvalue weighted by Gasteiger charge is -2.32. The van der Waals surface area contributed by atoms with Gasteiger partial charge in [0.25, 0.3) is 5.56 Å². The number of ether oxygens (including phenoxy) is 1. The minimum absolute atomic E-state index is 0.0541. The molecule has 2 heterocycles. The van der Waals surface area contributed by atoms with Gasteiger partial charge in [-0.15, -0.1) is 0 Å². The number of fused-ring (bicyclic) bond motifs is 1. The number of piperidine rings is 1. The smallest absolute Gasteiger partial charge is 0.294 e. The van der Waals surface area contributed by atoms with Crippen molar-refractivity contribution in [1.29, 1.82) is 0 Å². The Morgan fingerprint density at radius 1 is 0.944 bits per heavy atom. The van der Waals surface area contributed by atoms with Crippen molar-refractivity contribution in [2.45, 2.75) is 25.9 Å². The summed E-state index contributed by atoms with van der Waals surface area (Å²) in [6, 6.07) is 25.4. The highest BCUT2D eigenvalue weighted by Crippen LogP contribution is 2.23. The Labute approximate surface area is 210 Å². The Hall–Kier alpha value is -4.13. The highest BCUT2D eigenvalue weighted by molar-refractivity contribution is 5.79. The molecule has 3 aromatic carbocycles. The van der Waals surface area contributed by atoms with Crippen LogP contribution in [-0.2, 0) is 17.9 Å². The summed E-state index contributed by atoms with van der Waals surface area (Å²) in [5.74, 6) is 1.23. The van der Waals surface area contributed by atoms with Gasteiger partial charge in [0.2, 0.25) is 5.91 Å². The molecule has 4 aromatic rings. The third kappa shape index (κ3) is 5.10. The molecule has 36 heavy (non-hydrogen) atoms. The molecule has 184 valence electrons. The Kier molecular flexibility index (Phi) is 6.98. The zero-order chi connectivity index (χ0) is 24.9.